The Morgan fingerprint density at radius 2 is 2.31 bits per heavy atom. The summed E-state index contributed by atoms with van der Waals surface area (Å²) < 4.78 is 1.06. The van der Waals surface area contributed by atoms with Gasteiger partial charge in [-0.2, -0.15) is 0 Å². The van der Waals surface area contributed by atoms with Crippen molar-refractivity contribution in [2.75, 3.05) is 6.54 Å². The maximum Gasteiger partial charge on any atom is 0.0951 e. The molecule has 0 fully saturated rings. The summed E-state index contributed by atoms with van der Waals surface area (Å²) in [5, 5.41) is 1.84. The first kappa shape index (κ1) is 8.94. The molecular weight excluding hydrogens is 204 g/mol. The summed E-state index contributed by atoms with van der Waals surface area (Å²) >= 11 is 7.64. The van der Waals surface area contributed by atoms with Crippen LogP contribution in [-0.4, -0.2) is 11.5 Å². The van der Waals surface area contributed by atoms with Crippen molar-refractivity contribution in [3.63, 3.8) is 0 Å². The second-order valence-corrected chi connectivity index (χ2v) is 4.23. The highest BCUT2D eigenvalue weighted by Crippen LogP contribution is 2.28. The van der Waals surface area contributed by atoms with Gasteiger partial charge in [-0.1, -0.05) is 17.7 Å². The van der Waals surface area contributed by atoms with Crippen LogP contribution >= 0.6 is 22.9 Å². The summed E-state index contributed by atoms with van der Waals surface area (Å²) in [6.45, 7) is 0.636. The van der Waals surface area contributed by atoms with Crippen LogP contribution in [0.1, 0.15) is 5.01 Å². The monoisotopic (exact) mass is 212 g/mol. The molecule has 13 heavy (non-hydrogen) atoms. The quantitative estimate of drug-likeness (QED) is 0.831. The largest absolute Gasteiger partial charge is 0.330 e. The van der Waals surface area contributed by atoms with Crippen LogP contribution in [0.5, 0.6) is 0 Å². The molecule has 0 radical (unpaired) electrons. The molecule has 68 valence electrons. The molecule has 0 amide bonds. The van der Waals surface area contributed by atoms with Crippen molar-refractivity contribution < 1.29 is 0 Å². The average Bonchev–Trinajstić information content (AvgIpc) is 2.49. The van der Waals surface area contributed by atoms with E-state index in [1.54, 1.807) is 11.3 Å². The van der Waals surface area contributed by atoms with Crippen molar-refractivity contribution in [2.45, 2.75) is 6.42 Å². The van der Waals surface area contributed by atoms with Gasteiger partial charge >= 0.3 is 0 Å². The van der Waals surface area contributed by atoms with Gasteiger partial charge in [0.15, 0.2) is 0 Å². The number of halogens is 1. The highest BCUT2D eigenvalue weighted by Gasteiger charge is 2.05. The molecule has 0 atom stereocenters. The molecule has 0 aliphatic rings. The zero-order chi connectivity index (χ0) is 9.26. The topological polar surface area (TPSA) is 38.9 Å². The molecule has 0 aliphatic carbocycles. The third kappa shape index (κ3) is 1.68. The van der Waals surface area contributed by atoms with Gasteiger partial charge in [-0.15, -0.1) is 11.3 Å². The molecule has 0 saturated carbocycles. The van der Waals surface area contributed by atoms with Crippen LogP contribution in [0.2, 0.25) is 5.02 Å². The van der Waals surface area contributed by atoms with Gasteiger partial charge in [0.05, 0.1) is 20.2 Å². The smallest absolute Gasteiger partial charge is 0.0951 e. The minimum atomic E-state index is 0.636. The third-order valence-electron chi connectivity index (χ3n) is 1.77. The van der Waals surface area contributed by atoms with E-state index in [2.05, 4.69) is 4.98 Å². The molecule has 4 heteroatoms. The van der Waals surface area contributed by atoms with E-state index < -0.39 is 0 Å². The van der Waals surface area contributed by atoms with Crippen molar-refractivity contribution >= 4 is 33.2 Å². The Labute approximate surface area is 85.3 Å². The Morgan fingerprint density at radius 1 is 1.46 bits per heavy atom. The van der Waals surface area contributed by atoms with E-state index in [0.29, 0.717) is 6.54 Å². The van der Waals surface area contributed by atoms with Crippen LogP contribution in [0.15, 0.2) is 18.2 Å². The lowest BCUT2D eigenvalue weighted by Crippen LogP contribution is -2.01. The first-order valence-electron chi connectivity index (χ1n) is 4.05. The molecule has 0 spiro atoms. The van der Waals surface area contributed by atoms with Gasteiger partial charge in [-0.05, 0) is 18.7 Å². The Balaban J connectivity index is 2.55. The Bertz CT molecular complexity index is 424. The van der Waals surface area contributed by atoms with E-state index >= 15 is 0 Å². The van der Waals surface area contributed by atoms with E-state index in [9.17, 15) is 0 Å². The van der Waals surface area contributed by atoms with Gasteiger partial charge in [0.2, 0.25) is 0 Å². The Morgan fingerprint density at radius 3 is 3.00 bits per heavy atom. The van der Waals surface area contributed by atoms with E-state index in [4.69, 9.17) is 17.3 Å². The molecule has 1 aromatic carbocycles. The van der Waals surface area contributed by atoms with Crippen molar-refractivity contribution in [3.8, 4) is 0 Å². The van der Waals surface area contributed by atoms with Crippen molar-refractivity contribution in [3.05, 3.63) is 28.2 Å². The SMILES string of the molecule is NCCc1nc2cccc(Cl)c2s1. The second-order valence-electron chi connectivity index (χ2n) is 2.73. The molecule has 2 rings (SSSR count). The highest BCUT2D eigenvalue weighted by atomic mass is 35.5. The third-order valence-corrected chi connectivity index (χ3v) is 3.36. The molecule has 1 aromatic heterocycles. The average molecular weight is 213 g/mol. The molecule has 0 unspecified atom stereocenters. The Hall–Kier alpha value is -0.640. The summed E-state index contributed by atoms with van der Waals surface area (Å²) in [5.74, 6) is 0. The number of aromatic nitrogens is 1. The highest BCUT2D eigenvalue weighted by molar-refractivity contribution is 7.19. The van der Waals surface area contributed by atoms with E-state index in [0.717, 1.165) is 26.7 Å². The number of nitrogens with two attached hydrogens (primary N) is 1. The summed E-state index contributed by atoms with van der Waals surface area (Å²) in [6.07, 6.45) is 0.829. The van der Waals surface area contributed by atoms with Gasteiger partial charge < -0.3 is 5.73 Å². The van der Waals surface area contributed by atoms with Gasteiger partial charge in [-0.3, -0.25) is 0 Å². The van der Waals surface area contributed by atoms with Crippen LogP contribution in [0.25, 0.3) is 10.2 Å². The fourth-order valence-electron chi connectivity index (χ4n) is 1.19. The molecule has 2 nitrogen and oxygen atoms in total. The van der Waals surface area contributed by atoms with Crippen LogP contribution in [-0.2, 0) is 6.42 Å². The predicted molar refractivity (Wildman–Crippen MR) is 57.4 cm³/mol. The number of hydrogen-bond donors (Lipinski definition) is 1. The van der Waals surface area contributed by atoms with Crippen LogP contribution in [0.3, 0.4) is 0 Å². The maximum absolute atomic E-state index is 6.01. The summed E-state index contributed by atoms with van der Waals surface area (Å²) in [6, 6.07) is 5.77. The maximum atomic E-state index is 6.01. The lowest BCUT2D eigenvalue weighted by molar-refractivity contribution is 0.958. The van der Waals surface area contributed by atoms with E-state index in [1.165, 1.54) is 0 Å². The van der Waals surface area contributed by atoms with Gasteiger partial charge in [0, 0.05) is 6.42 Å². The van der Waals surface area contributed by atoms with Gasteiger partial charge in [0.25, 0.3) is 0 Å². The van der Waals surface area contributed by atoms with Crippen molar-refractivity contribution in [1.29, 1.82) is 0 Å². The summed E-state index contributed by atoms with van der Waals surface area (Å²) in [7, 11) is 0. The fraction of sp³-hybridized carbons (Fsp3) is 0.222. The second kappa shape index (κ2) is 3.62. The summed E-state index contributed by atoms with van der Waals surface area (Å²) in [5.41, 5.74) is 6.43. The number of fused-ring (bicyclic) bond motifs is 1. The molecule has 2 N–H and O–H groups in total. The number of rotatable bonds is 2. The van der Waals surface area contributed by atoms with Gasteiger partial charge in [0.1, 0.15) is 0 Å². The lowest BCUT2D eigenvalue weighted by Gasteiger charge is -1.87. The zero-order valence-corrected chi connectivity index (χ0v) is 8.53. The van der Waals surface area contributed by atoms with Crippen molar-refractivity contribution in [1.82, 2.24) is 4.98 Å². The number of thiazole rings is 1. The fourth-order valence-corrected chi connectivity index (χ4v) is 2.46. The molecule has 0 bridgehead atoms. The van der Waals surface area contributed by atoms with E-state index in [1.807, 2.05) is 18.2 Å². The predicted octanol–water partition coefficient (Wildman–Crippen LogP) is 2.45. The molecule has 2 aromatic rings. The van der Waals surface area contributed by atoms with Crippen molar-refractivity contribution in [2.24, 2.45) is 5.73 Å². The van der Waals surface area contributed by atoms with Crippen LogP contribution < -0.4 is 5.73 Å². The first-order valence-corrected chi connectivity index (χ1v) is 5.24. The number of nitrogens with zero attached hydrogens (tertiary/aromatic N) is 1. The standard InChI is InChI=1S/C9H9ClN2S/c10-6-2-1-3-7-9(6)13-8(12-7)4-5-11/h1-3H,4-5,11H2. The Kier molecular flexibility index (Phi) is 2.49. The van der Waals surface area contributed by atoms with Crippen LogP contribution in [0.4, 0.5) is 0 Å². The van der Waals surface area contributed by atoms with E-state index in [-0.39, 0.29) is 0 Å². The number of hydrogen-bond acceptors (Lipinski definition) is 3. The molecule has 0 saturated heterocycles. The number of benzene rings is 1. The summed E-state index contributed by atoms with van der Waals surface area (Å²) in [4.78, 5) is 4.42. The first-order chi connectivity index (χ1) is 6.31. The zero-order valence-electron chi connectivity index (χ0n) is 6.96. The molecule has 0 aliphatic heterocycles. The van der Waals surface area contributed by atoms with Gasteiger partial charge in [-0.25, -0.2) is 4.98 Å². The molecule has 1 heterocycles. The molecular formula is C9H9ClN2S. The minimum Gasteiger partial charge on any atom is -0.330 e. The normalized spacial score (nSPS) is 10.9. The lowest BCUT2D eigenvalue weighted by atomic mass is 10.3. The minimum absolute atomic E-state index is 0.636. The van der Waals surface area contributed by atoms with Crippen LogP contribution in [0, 0.1) is 0 Å².